The van der Waals surface area contributed by atoms with E-state index >= 15 is 0 Å². The van der Waals surface area contributed by atoms with Crippen molar-refractivity contribution >= 4 is 55.8 Å². The monoisotopic (exact) mass is 417 g/mol. The Morgan fingerprint density at radius 3 is 2.86 bits per heavy atom. The lowest BCUT2D eigenvalue weighted by molar-refractivity contribution is -0.110. The maximum Gasteiger partial charge on any atom is 0.256 e. The van der Waals surface area contributed by atoms with Crippen LogP contribution < -0.4 is 5.32 Å². The highest BCUT2D eigenvalue weighted by molar-refractivity contribution is 7.17. The predicted molar refractivity (Wildman–Crippen MR) is 118 cm³/mol. The average molecular weight is 418 g/mol. The molecule has 1 aliphatic heterocycles. The minimum absolute atomic E-state index is 0.0928. The van der Waals surface area contributed by atoms with Crippen molar-refractivity contribution < 1.29 is 4.79 Å². The van der Waals surface area contributed by atoms with Crippen molar-refractivity contribution in [3.63, 3.8) is 0 Å². The molecule has 8 heteroatoms. The molecule has 142 valence electrons. The Morgan fingerprint density at radius 1 is 1.10 bits per heavy atom. The summed E-state index contributed by atoms with van der Waals surface area (Å²) in [6.07, 6.45) is 6.04. The molecule has 4 aromatic heterocycles. The van der Waals surface area contributed by atoms with Crippen LogP contribution in [0.25, 0.3) is 33.0 Å². The number of hydrogen-bond donors (Lipinski definition) is 1. The molecule has 0 aliphatic carbocycles. The van der Waals surface area contributed by atoms with Crippen LogP contribution in [0.2, 0.25) is 0 Å². The summed E-state index contributed by atoms with van der Waals surface area (Å²) in [6.45, 7) is 4.07. The Balaban J connectivity index is 1.66. The second-order valence-corrected chi connectivity index (χ2v) is 9.09. The quantitative estimate of drug-likeness (QED) is 0.416. The number of aromatic nitrogens is 4. The molecular weight excluding hydrogens is 402 g/mol. The lowest BCUT2D eigenvalue weighted by atomic mass is 10.0. The normalized spacial score (nSPS) is 15.0. The summed E-state index contributed by atoms with van der Waals surface area (Å²) in [5, 5.41) is 4.97. The molecule has 29 heavy (non-hydrogen) atoms. The fraction of sp³-hybridized carbons (Fsp3) is 0.0952. The van der Waals surface area contributed by atoms with Crippen LogP contribution in [-0.2, 0) is 4.79 Å². The van der Waals surface area contributed by atoms with Crippen LogP contribution in [0.5, 0.6) is 0 Å². The third-order valence-electron chi connectivity index (χ3n) is 5.13. The molecule has 1 aromatic carbocycles. The van der Waals surface area contributed by atoms with Crippen molar-refractivity contribution in [3.05, 3.63) is 63.9 Å². The van der Waals surface area contributed by atoms with Crippen LogP contribution in [-0.4, -0.2) is 24.7 Å². The van der Waals surface area contributed by atoms with E-state index in [1.807, 2.05) is 48.8 Å². The fourth-order valence-corrected chi connectivity index (χ4v) is 5.48. The second-order valence-electron chi connectivity index (χ2n) is 7.00. The standard InChI is InChI=1S/C21H15N5OS2/c1-11-10-26-16(9-14-13-5-3-4-6-15(13)23-19(14)27)17(24-21(26)29-11)18-12(2)22-20-25(18)7-8-28-20/h3-10H,1-2H3,(H,23,27)/b14-9+. The first kappa shape index (κ1) is 16.7. The average Bonchev–Trinajstić information content (AvgIpc) is 3.45. The molecule has 6 nitrogen and oxygen atoms in total. The van der Waals surface area contributed by atoms with E-state index in [9.17, 15) is 4.79 Å². The Hall–Kier alpha value is -3.23. The number of nitrogens with zero attached hydrogens (tertiary/aromatic N) is 4. The van der Waals surface area contributed by atoms with Gasteiger partial charge in [-0.15, -0.1) is 22.7 Å². The van der Waals surface area contributed by atoms with Crippen LogP contribution in [0.3, 0.4) is 0 Å². The van der Waals surface area contributed by atoms with Crippen molar-refractivity contribution in [3.8, 4) is 11.4 Å². The largest absolute Gasteiger partial charge is 0.321 e. The van der Waals surface area contributed by atoms with Gasteiger partial charge in [-0.2, -0.15) is 0 Å². The number of fused-ring (bicyclic) bond motifs is 3. The van der Waals surface area contributed by atoms with Gasteiger partial charge in [-0.25, -0.2) is 9.97 Å². The second kappa shape index (κ2) is 5.88. The number of amides is 1. The number of carbonyl (C=O) groups excluding carboxylic acids is 1. The Morgan fingerprint density at radius 2 is 1.97 bits per heavy atom. The predicted octanol–water partition coefficient (Wildman–Crippen LogP) is 4.88. The van der Waals surface area contributed by atoms with Gasteiger partial charge in [-0.3, -0.25) is 13.6 Å². The van der Waals surface area contributed by atoms with E-state index in [-0.39, 0.29) is 5.91 Å². The fourth-order valence-electron chi connectivity index (χ4n) is 3.88. The van der Waals surface area contributed by atoms with Gasteiger partial charge >= 0.3 is 0 Å². The van der Waals surface area contributed by atoms with Crippen LogP contribution >= 0.6 is 22.7 Å². The molecule has 0 bridgehead atoms. The van der Waals surface area contributed by atoms with Crippen LogP contribution in [0.4, 0.5) is 5.69 Å². The third kappa shape index (κ3) is 2.36. The number of para-hydroxylation sites is 1. The number of carbonyl (C=O) groups is 1. The molecule has 5 heterocycles. The van der Waals surface area contributed by atoms with Crippen molar-refractivity contribution in [1.82, 2.24) is 18.8 Å². The lowest BCUT2D eigenvalue weighted by Crippen LogP contribution is -2.04. The Bertz CT molecular complexity index is 1480. The summed E-state index contributed by atoms with van der Waals surface area (Å²) in [5.41, 5.74) is 6.02. The summed E-state index contributed by atoms with van der Waals surface area (Å²) < 4.78 is 4.14. The highest BCUT2D eigenvalue weighted by Crippen LogP contribution is 2.37. The number of benzene rings is 1. The topological polar surface area (TPSA) is 63.7 Å². The van der Waals surface area contributed by atoms with Gasteiger partial charge in [0.15, 0.2) is 9.92 Å². The number of anilines is 1. The van der Waals surface area contributed by atoms with E-state index in [0.717, 1.165) is 43.9 Å². The minimum atomic E-state index is -0.0928. The lowest BCUT2D eigenvalue weighted by Gasteiger charge is -2.03. The summed E-state index contributed by atoms with van der Waals surface area (Å²) >= 11 is 3.24. The number of rotatable bonds is 2. The van der Waals surface area contributed by atoms with Gasteiger partial charge in [-0.1, -0.05) is 18.2 Å². The molecule has 1 N–H and O–H groups in total. The van der Waals surface area contributed by atoms with Gasteiger partial charge in [0, 0.05) is 33.9 Å². The van der Waals surface area contributed by atoms with E-state index in [1.54, 1.807) is 22.7 Å². The molecule has 0 saturated carbocycles. The first-order valence-corrected chi connectivity index (χ1v) is 10.8. The zero-order valence-corrected chi connectivity index (χ0v) is 17.3. The van der Waals surface area contributed by atoms with E-state index in [1.165, 1.54) is 4.88 Å². The molecule has 0 radical (unpaired) electrons. The number of hydrogen-bond acceptors (Lipinski definition) is 5. The van der Waals surface area contributed by atoms with Gasteiger partial charge < -0.3 is 5.32 Å². The SMILES string of the molecule is Cc1cn2c(/C=C3/C(=O)Nc4ccccc43)c(-c3c(C)nc4sccn34)nc2s1. The Kier molecular flexibility index (Phi) is 3.39. The van der Waals surface area contributed by atoms with E-state index in [4.69, 9.17) is 4.98 Å². The van der Waals surface area contributed by atoms with Gasteiger partial charge in [-0.05, 0) is 26.0 Å². The van der Waals surface area contributed by atoms with Gasteiger partial charge in [0.05, 0.1) is 22.7 Å². The molecular formula is C21H15N5OS2. The van der Waals surface area contributed by atoms with Crippen LogP contribution in [0.1, 0.15) is 21.8 Å². The molecule has 1 aliphatic rings. The highest BCUT2D eigenvalue weighted by Gasteiger charge is 2.26. The Labute approximate surface area is 173 Å². The summed E-state index contributed by atoms with van der Waals surface area (Å²) in [6, 6.07) is 7.77. The smallest absolute Gasteiger partial charge is 0.256 e. The number of nitrogens with one attached hydrogen (secondary N) is 1. The van der Waals surface area contributed by atoms with E-state index in [0.29, 0.717) is 5.57 Å². The first-order valence-electron chi connectivity index (χ1n) is 9.13. The van der Waals surface area contributed by atoms with Gasteiger partial charge in [0.1, 0.15) is 5.69 Å². The zero-order chi connectivity index (χ0) is 19.7. The van der Waals surface area contributed by atoms with Crippen LogP contribution in [0.15, 0.2) is 42.0 Å². The maximum absolute atomic E-state index is 12.7. The van der Waals surface area contributed by atoms with Crippen molar-refractivity contribution in [2.24, 2.45) is 0 Å². The van der Waals surface area contributed by atoms with Crippen LogP contribution in [0, 0.1) is 13.8 Å². The van der Waals surface area contributed by atoms with Crippen molar-refractivity contribution in [2.45, 2.75) is 13.8 Å². The third-order valence-corrected chi connectivity index (χ3v) is 6.79. The summed E-state index contributed by atoms with van der Waals surface area (Å²) in [4.78, 5) is 25.3. The molecule has 0 fully saturated rings. The van der Waals surface area contributed by atoms with Gasteiger partial charge in [0.2, 0.25) is 0 Å². The van der Waals surface area contributed by atoms with Gasteiger partial charge in [0.25, 0.3) is 5.91 Å². The molecule has 0 atom stereocenters. The molecule has 0 spiro atoms. The molecule has 5 aromatic rings. The van der Waals surface area contributed by atoms with E-state index < -0.39 is 0 Å². The maximum atomic E-state index is 12.7. The van der Waals surface area contributed by atoms with Crippen molar-refractivity contribution in [2.75, 3.05) is 5.32 Å². The van der Waals surface area contributed by atoms with E-state index in [2.05, 4.69) is 32.2 Å². The number of aryl methyl sites for hydroxylation is 2. The van der Waals surface area contributed by atoms with Crippen molar-refractivity contribution in [1.29, 1.82) is 0 Å². The number of thiazole rings is 2. The molecule has 1 amide bonds. The zero-order valence-electron chi connectivity index (χ0n) is 15.6. The first-order chi connectivity index (χ1) is 14.1. The highest BCUT2D eigenvalue weighted by atomic mass is 32.1. The molecule has 6 rings (SSSR count). The summed E-state index contributed by atoms with van der Waals surface area (Å²) in [7, 11) is 0. The number of imidazole rings is 2. The molecule has 0 saturated heterocycles. The minimum Gasteiger partial charge on any atom is -0.321 e. The molecule has 0 unspecified atom stereocenters. The summed E-state index contributed by atoms with van der Waals surface area (Å²) in [5.74, 6) is -0.0928.